The van der Waals surface area contributed by atoms with E-state index in [9.17, 15) is 9.59 Å². The standard InChI is InChI=1S/C20H33IN2O4Si/c1-8-9-14(24)17-19(26-5)18(25)15(21)16-13(22)10-12(23(16)17)11-27-28(6,7)20(2,3)4/h12-13H,8-11,22H2,1-7H3/t12-,13?/m0/s1. The fourth-order valence-electron chi connectivity index (χ4n) is 3.35. The summed E-state index contributed by atoms with van der Waals surface area (Å²) >= 11 is 2.03. The predicted molar refractivity (Wildman–Crippen MR) is 123 cm³/mol. The molecule has 28 heavy (non-hydrogen) atoms. The van der Waals surface area contributed by atoms with Gasteiger partial charge in [-0.1, -0.05) is 27.7 Å². The molecule has 0 saturated heterocycles. The summed E-state index contributed by atoms with van der Waals surface area (Å²) in [7, 11) is -0.513. The van der Waals surface area contributed by atoms with Crippen LogP contribution in [0.25, 0.3) is 0 Å². The molecule has 0 saturated carbocycles. The van der Waals surface area contributed by atoms with E-state index in [2.05, 4.69) is 33.9 Å². The Morgan fingerprint density at radius 2 is 1.96 bits per heavy atom. The summed E-state index contributed by atoms with van der Waals surface area (Å²) < 4.78 is 14.3. The lowest BCUT2D eigenvalue weighted by Crippen LogP contribution is -2.42. The van der Waals surface area contributed by atoms with Crippen molar-refractivity contribution in [2.24, 2.45) is 5.73 Å². The highest BCUT2D eigenvalue weighted by Crippen LogP contribution is 2.41. The summed E-state index contributed by atoms with van der Waals surface area (Å²) in [6.07, 6.45) is 1.71. The number of aromatic nitrogens is 1. The molecule has 2 atom stereocenters. The monoisotopic (exact) mass is 520 g/mol. The first-order valence-electron chi connectivity index (χ1n) is 9.82. The summed E-state index contributed by atoms with van der Waals surface area (Å²) in [6.45, 7) is 13.4. The Morgan fingerprint density at radius 3 is 2.46 bits per heavy atom. The average molecular weight is 520 g/mol. The van der Waals surface area contributed by atoms with Crippen LogP contribution in [-0.2, 0) is 4.43 Å². The quantitative estimate of drug-likeness (QED) is 0.327. The van der Waals surface area contributed by atoms with Crippen LogP contribution >= 0.6 is 22.6 Å². The number of halogens is 1. The summed E-state index contributed by atoms with van der Waals surface area (Å²) in [4.78, 5) is 25.8. The van der Waals surface area contributed by atoms with Gasteiger partial charge >= 0.3 is 0 Å². The van der Waals surface area contributed by atoms with Gasteiger partial charge in [-0.15, -0.1) is 0 Å². The van der Waals surface area contributed by atoms with Crippen molar-refractivity contribution < 1.29 is 14.0 Å². The molecule has 1 unspecified atom stereocenters. The van der Waals surface area contributed by atoms with E-state index in [0.717, 1.165) is 5.69 Å². The van der Waals surface area contributed by atoms with Crippen molar-refractivity contribution in [2.75, 3.05) is 13.7 Å². The van der Waals surface area contributed by atoms with Gasteiger partial charge in [0.05, 0.1) is 29.0 Å². The van der Waals surface area contributed by atoms with Gasteiger partial charge in [0.2, 0.25) is 5.43 Å². The number of pyridine rings is 1. The Bertz CT molecular complexity index is 814. The molecule has 2 heterocycles. The van der Waals surface area contributed by atoms with Crippen LogP contribution in [0.3, 0.4) is 0 Å². The molecule has 0 fully saturated rings. The Kier molecular flexibility index (Phi) is 7.21. The number of hydrogen-bond donors (Lipinski definition) is 1. The van der Waals surface area contributed by atoms with Gasteiger partial charge in [0.1, 0.15) is 5.69 Å². The van der Waals surface area contributed by atoms with Crippen LogP contribution in [0.15, 0.2) is 4.79 Å². The fourth-order valence-corrected chi connectivity index (χ4v) is 5.30. The fraction of sp³-hybridized carbons (Fsp3) is 0.700. The molecule has 6 nitrogen and oxygen atoms in total. The Balaban J connectivity index is 2.58. The Hall–Kier alpha value is -0.713. The number of carbonyl (C=O) groups excluding carboxylic acids is 1. The van der Waals surface area contributed by atoms with Gasteiger partial charge in [-0.2, -0.15) is 0 Å². The molecule has 1 aromatic heterocycles. The van der Waals surface area contributed by atoms with Crippen LogP contribution in [0.2, 0.25) is 18.1 Å². The van der Waals surface area contributed by atoms with E-state index in [4.69, 9.17) is 14.9 Å². The molecule has 158 valence electrons. The lowest BCUT2D eigenvalue weighted by atomic mass is 10.1. The van der Waals surface area contributed by atoms with Crippen LogP contribution in [-0.4, -0.2) is 32.4 Å². The van der Waals surface area contributed by atoms with Crippen LogP contribution in [0.4, 0.5) is 0 Å². The third-order valence-corrected chi connectivity index (χ3v) is 11.5. The summed E-state index contributed by atoms with van der Waals surface area (Å²) in [5, 5.41) is 0.0903. The minimum atomic E-state index is -1.96. The number of carbonyl (C=O) groups is 1. The van der Waals surface area contributed by atoms with Crippen molar-refractivity contribution in [3.05, 3.63) is 25.2 Å². The van der Waals surface area contributed by atoms with Crippen LogP contribution < -0.4 is 15.9 Å². The zero-order chi connectivity index (χ0) is 21.4. The second-order valence-corrected chi connectivity index (χ2v) is 14.9. The van der Waals surface area contributed by atoms with E-state index in [1.165, 1.54) is 7.11 Å². The van der Waals surface area contributed by atoms with Gasteiger partial charge in [-0.25, -0.2) is 0 Å². The molecule has 2 N–H and O–H groups in total. The van der Waals surface area contributed by atoms with Gasteiger partial charge in [0.15, 0.2) is 19.9 Å². The first-order valence-corrected chi connectivity index (χ1v) is 13.8. The number of Topliss-reactive ketones (excluding diaryl/α,β-unsaturated/α-hetero) is 1. The van der Waals surface area contributed by atoms with E-state index in [-0.39, 0.29) is 34.1 Å². The highest BCUT2D eigenvalue weighted by atomic mass is 127. The van der Waals surface area contributed by atoms with E-state index in [0.29, 0.717) is 35.1 Å². The zero-order valence-corrected chi connectivity index (χ0v) is 21.2. The number of nitrogens with zero attached hydrogens (tertiary/aromatic N) is 1. The van der Waals surface area contributed by atoms with E-state index >= 15 is 0 Å². The number of hydrogen-bond acceptors (Lipinski definition) is 5. The maximum Gasteiger partial charge on any atom is 0.237 e. The van der Waals surface area contributed by atoms with Crippen molar-refractivity contribution >= 4 is 36.7 Å². The van der Waals surface area contributed by atoms with E-state index < -0.39 is 8.32 Å². The molecule has 0 spiro atoms. The lowest BCUT2D eigenvalue weighted by molar-refractivity contribution is 0.0963. The number of ketones is 1. The number of rotatable bonds is 7. The van der Waals surface area contributed by atoms with Crippen molar-refractivity contribution in [2.45, 2.75) is 77.2 Å². The summed E-state index contributed by atoms with van der Waals surface area (Å²) in [5.41, 5.74) is 7.23. The topological polar surface area (TPSA) is 83.5 Å². The first kappa shape index (κ1) is 23.6. The van der Waals surface area contributed by atoms with Crippen molar-refractivity contribution in [1.29, 1.82) is 0 Å². The number of nitrogens with two attached hydrogens (primary N) is 1. The largest absolute Gasteiger partial charge is 0.491 e. The lowest BCUT2D eigenvalue weighted by Gasteiger charge is -2.37. The van der Waals surface area contributed by atoms with Gasteiger partial charge in [-0.3, -0.25) is 9.59 Å². The van der Waals surface area contributed by atoms with Crippen LogP contribution in [0, 0.1) is 3.57 Å². The summed E-state index contributed by atoms with van der Waals surface area (Å²) in [6, 6.07) is -0.385. The molecule has 8 heteroatoms. The Labute approximate surface area is 182 Å². The number of methoxy groups -OCH3 is 1. The van der Waals surface area contributed by atoms with E-state index in [1.807, 2.05) is 34.1 Å². The molecule has 0 aromatic carbocycles. The summed E-state index contributed by atoms with van der Waals surface area (Å²) in [5.74, 6) is 0.0403. The van der Waals surface area contributed by atoms with Gasteiger partial charge in [0, 0.05) is 12.5 Å². The van der Waals surface area contributed by atoms with Gasteiger partial charge in [0.25, 0.3) is 0 Å². The second kappa shape index (κ2) is 8.57. The van der Waals surface area contributed by atoms with Crippen LogP contribution in [0.5, 0.6) is 5.75 Å². The normalized spacial score (nSPS) is 19.6. The molecule has 0 amide bonds. The van der Waals surface area contributed by atoms with Crippen molar-refractivity contribution in [3.8, 4) is 5.75 Å². The minimum absolute atomic E-state index is 0.0828. The zero-order valence-electron chi connectivity index (χ0n) is 18.0. The smallest absolute Gasteiger partial charge is 0.237 e. The maximum absolute atomic E-state index is 12.9. The minimum Gasteiger partial charge on any atom is -0.491 e. The molecule has 0 aliphatic carbocycles. The molecule has 1 aliphatic heterocycles. The maximum atomic E-state index is 12.9. The average Bonchev–Trinajstić information content (AvgIpc) is 2.91. The third kappa shape index (κ3) is 4.24. The highest BCUT2D eigenvalue weighted by Gasteiger charge is 2.41. The molecule has 0 bridgehead atoms. The van der Waals surface area contributed by atoms with Crippen LogP contribution in [0.1, 0.15) is 75.2 Å². The molecular weight excluding hydrogens is 487 g/mol. The number of ether oxygens (including phenoxy) is 1. The predicted octanol–water partition coefficient (Wildman–Crippen LogP) is 4.41. The third-order valence-electron chi connectivity index (χ3n) is 5.98. The van der Waals surface area contributed by atoms with Gasteiger partial charge < -0.3 is 19.5 Å². The molecule has 2 rings (SSSR count). The highest BCUT2D eigenvalue weighted by molar-refractivity contribution is 14.1. The van der Waals surface area contributed by atoms with Crippen molar-refractivity contribution in [1.82, 2.24) is 4.57 Å². The van der Waals surface area contributed by atoms with E-state index in [1.54, 1.807) is 0 Å². The molecule has 0 radical (unpaired) electrons. The number of fused-ring (bicyclic) bond motifs is 1. The SMILES string of the molecule is CCCC(=O)c1c(OC)c(=O)c(I)c2n1[C@H](CO[Si](C)(C)C(C)(C)C)CC2N. The molecule has 1 aliphatic rings. The first-order chi connectivity index (χ1) is 12.9. The Morgan fingerprint density at radius 1 is 1.36 bits per heavy atom. The second-order valence-electron chi connectivity index (χ2n) is 9.02. The van der Waals surface area contributed by atoms with Gasteiger partial charge in [-0.05, 0) is 53.6 Å². The molecule has 1 aromatic rings. The van der Waals surface area contributed by atoms with Crippen molar-refractivity contribution in [3.63, 3.8) is 0 Å². The molecular formula is C20H33IN2O4Si.